The van der Waals surface area contributed by atoms with Crippen LogP contribution in [0.1, 0.15) is 33.1 Å². The smallest absolute Gasteiger partial charge is 0.191 e. The summed E-state index contributed by atoms with van der Waals surface area (Å²) < 4.78 is 38.2. The molecule has 0 bridgehead atoms. The van der Waals surface area contributed by atoms with E-state index in [1.54, 1.807) is 0 Å². The lowest BCUT2D eigenvalue weighted by atomic mass is 10.0. The van der Waals surface area contributed by atoms with Gasteiger partial charge in [0, 0.05) is 26.2 Å². The summed E-state index contributed by atoms with van der Waals surface area (Å²) >= 11 is 0. The summed E-state index contributed by atoms with van der Waals surface area (Å²) in [6.07, 6.45) is 2.69. The summed E-state index contributed by atoms with van der Waals surface area (Å²) in [6, 6.07) is 5.38. The molecule has 0 aliphatic heterocycles. The Balaban J connectivity index is 0.00000676. The molecule has 3 N–H and O–H groups in total. The van der Waals surface area contributed by atoms with Crippen molar-refractivity contribution < 1.29 is 17.9 Å². The van der Waals surface area contributed by atoms with E-state index in [1.807, 2.05) is 6.92 Å². The molecule has 1 atom stereocenters. The molecule has 0 heterocycles. The van der Waals surface area contributed by atoms with Gasteiger partial charge in [-0.05, 0) is 37.8 Å². The number of benzene rings is 1. The van der Waals surface area contributed by atoms with Crippen LogP contribution in [0.15, 0.2) is 34.2 Å². The van der Waals surface area contributed by atoms with Crippen LogP contribution in [-0.4, -0.2) is 51.5 Å². The predicted molar refractivity (Wildman–Crippen MR) is 118 cm³/mol. The van der Waals surface area contributed by atoms with Crippen LogP contribution in [-0.2, 0) is 9.84 Å². The van der Waals surface area contributed by atoms with Crippen LogP contribution in [0.25, 0.3) is 0 Å². The van der Waals surface area contributed by atoms with Crippen LogP contribution >= 0.6 is 24.0 Å². The van der Waals surface area contributed by atoms with Crippen LogP contribution in [0.2, 0.25) is 0 Å². The first-order valence-electron chi connectivity index (χ1n) is 9.04. The second-order valence-corrected chi connectivity index (χ2v) is 8.14. The molecule has 1 rings (SSSR count). The molecular formula is C18H31FIN3O3S. The van der Waals surface area contributed by atoms with Crippen LogP contribution in [0.3, 0.4) is 0 Å². The standard InChI is InChI=1S/C18H30FN3O3S.HI/c1-3-7-15(10-12-23)14-22-18(20-4-2)21-11-13-26(24,25)17-9-6-5-8-16(17)19;/h5-6,8-9,15,23H,3-4,7,10-14H2,1-2H3,(H2,20,21,22);1H. The number of rotatable bonds is 11. The minimum Gasteiger partial charge on any atom is -0.396 e. The maximum Gasteiger partial charge on any atom is 0.191 e. The largest absolute Gasteiger partial charge is 0.396 e. The molecule has 27 heavy (non-hydrogen) atoms. The first-order chi connectivity index (χ1) is 12.4. The highest BCUT2D eigenvalue weighted by Gasteiger charge is 2.18. The molecule has 0 fully saturated rings. The molecule has 1 unspecified atom stereocenters. The van der Waals surface area contributed by atoms with E-state index in [1.165, 1.54) is 18.2 Å². The molecule has 0 aliphatic rings. The average molecular weight is 515 g/mol. The van der Waals surface area contributed by atoms with Crippen LogP contribution in [0, 0.1) is 11.7 Å². The second kappa shape index (κ2) is 14.1. The molecule has 0 aliphatic carbocycles. The monoisotopic (exact) mass is 515 g/mol. The number of sulfone groups is 1. The van der Waals surface area contributed by atoms with Crippen molar-refractivity contribution in [1.29, 1.82) is 0 Å². The number of nitrogens with zero attached hydrogens (tertiary/aromatic N) is 1. The SMILES string of the molecule is CCCC(CCO)CN=C(NCC)NCCS(=O)(=O)c1ccccc1F.I. The summed E-state index contributed by atoms with van der Waals surface area (Å²) in [5, 5.41) is 15.2. The van der Waals surface area contributed by atoms with E-state index in [-0.39, 0.29) is 47.8 Å². The summed E-state index contributed by atoms with van der Waals surface area (Å²) in [6.45, 7) is 5.47. The number of aliphatic hydroxyl groups excluding tert-OH is 1. The van der Waals surface area contributed by atoms with Gasteiger partial charge in [-0.2, -0.15) is 0 Å². The fourth-order valence-corrected chi connectivity index (χ4v) is 3.83. The summed E-state index contributed by atoms with van der Waals surface area (Å²) in [4.78, 5) is 4.19. The number of hydrogen-bond acceptors (Lipinski definition) is 4. The lowest BCUT2D eigenvalue weighted by Crippen LogP contribution is -2.40. The number of hydrogen-bond donors (Lipinski definition) is 3. The maximum atomic E-state index is 13.7. The fourth-order valence-electron chi connectivity index (χ4n) is 2.59. The third-order valence-corrected chi connectivity index (χ3v) is 5.66. The van der Waals surface area contributed by atoms with Gasteiger partial charge in [-0.25, -0.2) is 12.8 Å². The van der Waals surface area contributed by atoms with Gasteiger partial charge in [0.05, 0.1) is 5.75 Å². The van der Waals surface area contributed by atoms with E-state index in [4.69, 9.17) is 5.11 Å². The molecule has 1 aromatic carbocycles. The number of guanidine groups is 1. The first-order valence-corrected chi connectivity index (χ1v) is 10.7. The van der Waals surface area contributed by atoms with Crippen LogP contribution in [0.4, 0.5) is 4.39 Å². The van der Waals surface area contributed by atoms with Gasteiger partial charge in [0.2, 0.25) is 0 Å². The minimum atomic E-state index is -3.70. The van der Waals surface area contributed by atoms with Gasteiger partial charge in [-0.1, -0.05) is 25.5 Å². The minimum absolute atomic E-state index is 0. The van der Waals surface area contributed by atoms with Crippen molar-refractivity contribution in [3.8, 4) is 0 Å². The van der Waals surface area contributed by atoms with Crippen molar-refractivity contribution in [2.75, 3.05) is 32.0 Å². The Hall–Kier alpha value is -0.940. The number of halogens is 2. The van der Waals surface area contributed by atoms with E-state index in [0.717, 1.165) is 18.9 Å². The summed E-state index contributed by atoms with van der Waals surface area (Å²) in [5.41, 5.74) is 0. The van der Waals surface area contributed by atoms with Gasteiger partial charge in [-0.15, -0.1) is 24.0 Å². The zero-order chi connectivity index (χ0) is 19.4. The average Bonchev–Trinajstić information content (AvgIpc) is 2.60. The summed E-state index contributed by atoms with van der Waals surface area (Å²) in [5.74, 6) is -0.148. The van der Waals surface area contributed by atoms with Gasteiger partial charge in [0.25, 0.3) is 0 Å². The van der Waals surface area contributed by atoms with Gasteiger partial charge in [0.1, 0.15) is 10.7 Å². The van der Waals surface area contributed by atoms with Crippen molar-refractivity contribution >= 4 is 39.8 Å². The highest BCUT2D eigenvalue weighted by molar-refractivity contribution is 14.0. The second-order valence-electron chi connectivity index (χ2n) is 6.06. The quantitative estimate of drug-likeness (QED) is 0.240. The normalized spacial score (nSPS) is 13.0. The Labute approximate surface area is 179 Å². The third kappa shape index (κ3) is 9.70. The molecule has 9 heteroatoms. The molecule has 6 nitrogen and oxygen atoms in total. The van der Waals surface area contributed by atoms with Crippen molar-refractivity contribution in [1.82, 2.24) is 10.6 Å². The van der Waals surface area contributed by atoms with Gasteiger partial charge in [-0.3, -0.25) is 4.99 Å². The molecule has 0 saturated heterocycles. The summed E-state index contributed by atoms with van der Waals surface area (Å²) in [7, 11) is -3.70. The highest BCUT2D eigenvalue weighted by Crippen LogP contribution is 2.14. The number of aliphatic hydroxyl groups is 1. The molecule has 156 valence electrons. The molecule has 0 saturated carbocycles. The topological polar surface area (TPSA) is 90.8 Å². The number of nitrogens with one attached hydrogen (secondary N) is 2. The van der Waals surface area contributed by atoms with Crippen molar-refractivity contribution in [2.24, 2.45) is 10.9 Å². The Morgan fingerprint density at radius 2 is 1.93 bits per heavy atom. The van der Waals surface area contributed by atoms with Gasteiger partial charge >= 0.3 is 0 Å². The Kier molecular flexibility index (Phi) is 13.6. The molecular weight excluding hydrogens is 484 g/mol. The van der Waals surface area contributed by atoms with E-state index in [0.29, 0.717) is 31.4 Å². The Morgan fingerprint density at radius 3 is 2.52 bits per heavy atom. The van der Waals surface area contributed by atoms with Crippen LogP contribution in [0.5, 0.6) is 0 Å². The van der Waals surface area contributed by atoms with Gasteiger partial charge < -0.3 is 15.7 Å². The maximum absolute atomic E-state index is 13.7. The van der Waals surface area contributed by atoms with E-state index < -0.39 is 15.7 Å². The Morgan fingerprint density at radius 1 is 1.22 bits per heavy atom. The zero-order valence-electron chi connectivity index (χ0n) is 15.9. The lowest BCUT2D eigenvalue weighted by Gasteiger charge is -2.15. The molecule has 0 aromatic heterocycles. The van der Waals surface area contributed by atoms with E-state index in [2.05, 4.69) is 22.5 Å². The number of aliphatic imine (C=N–C) groups is 1. The van der Waals surface area contributed by atoms with Crippen LogP contribution < -0.4 is 10.6 Å². The predicted octanol–water partition coefficient (Wildman–Crippen LogP) is 2.57. The highest BCUT2D eigenvalue weighted by atomic mass is 127. The third-order valence-electron chi connectivity index (χ3n) is 3.92. The first kappa shape index (κ1) is 26.1. The zero-order valence-corrected chi connectivity index (χ0v) is 19.1. The molecule has 1 aromatic rings. The molecule has 0 radical (unpaired) electrons. The van der Waals surface area contributed by atoms with Crippen molar-refractivity contribution in [3.63, 3.8) is 0 Å². The Bertz CT molecular complexity index is 666. The van der Waals surface area contributed by atoms with E-state index in [9.17, 15) is 12.8 Å². The van der Waals surface area contributed by atoms with Gasteiger partial charge in [0.15, 0.2) is 15.8 Å². The molecule has 0 amide bonds. The van der Waals surface area contributed by atoms with Crippen molar-refractivity contribution in [3.05, 3.63) is 30.1 Å². The fraction of sp³-hybridized carbons (Fsp3) is 0.611. The lowest BCUT2D eigenvalue weighted by molar-refractivity contribution is 0.253. The molecule has 0 spiro atoms. The van der Waals surface area contributed by atoms with E-state index >= 15 is 0 Å². The van der Waals surface area contributed by atoms with Crippen molar-refractivity contribution in [2.45, 2.75) is 38.0 Å².